The first kappa shape index (κ1) is 22.2. The summed E-state index contributed by atoms with van der Waals surface area (Å²) in [6.07, 6.45) is 4.68. The molecule has 0 spiro atoms. The van der Waals surface area contributed by atoms with Gasteiger partial charge in [-0.25, -0.2) is 12.8 Å². The minimum atomic E-state index is -3.84. The van der Waals surface area contributed by atoms with Crippen LogP contribution in [0.3, 0.4) is 0 Å². The number of benzene rings is 2. The molecule has 0 bridgehead atoms. The zero-order valence-electron chi connectivity index (χ0n) is 17.4. The van der Waals surface area contributed by atoms with E-state index in [1.54, 1.807) is 19.2 Å². The first-order valence-corrected chi connectivity index (χ1v) is 11.4. The number of sulfonamides is 1. The van der Waals surface area contributed by atoms with Gasteiger partial charge in [0.2, 0.25) is 10.0 Å². The fourth-order valence-electron chi connectivity index (χ4n) is 3.76. The molecule has 0 aromatic heterocycles. The van der Waals surface area contributed by atoms with E-state index in [1.807, 2.05) is 13.0 Å². The van der Waals surface area contributed by atoms with Crippen molar-refractivity contribution in [3.63, 3.8) is 0 Å². The third-order valence-electron chi connectivity index (χ3n) is 5.55. The predicted octanol–water partition coefficient (Wildman–Crippen LogP) is 4.35. The average molecular weight is 435 g/mol. The molecule has 30 heavy (non-hydrogen) atoms. The summed E-state index contributed by atoms with van der Waals surface area (Å²) in [7, 11) is -0.827. The quantitative estimate of drug-likeness (QED) is 0.734. The van der Waals surface area contributed by atoms with E-state index in [0.29, 0.717) is 11.4 Å². The van der Waals surface area contributed by atoms with Crippen molar-refractivity contribution in [2.24, 2.45) is 0 Å². The van der Waals surface area contributed by atoms with E-state index in [0.717, 1.165) is 49.8 Å². The predicted molar refractivity (Wildman–Crippen MR) is 114 cm³/mol. The maximum absolute atomic E-state index is 14.4. The van der Waals surface area contributed by atoms with Gasteiger partial charge < -0.3 is 10.1 Å². The van der Waals surface area contributed by atoms with E-state index in [4.69, 9.17) is 4.74 Å². The molecular formula is C22H27FN2O4S. The Bertz CT molecular complexity index is 1030. The van der Waals surface area contributed by atoms with Crippen molar-refractivity contribution in [3.05, 3.63) is 53.3 Å². The molecule has 0 radical (unpaired) electrons. The number of carbonyl (C=O) groups is 1. The molecule has 1 aliphatic rings. The number of halogens is 1. The van der Waals surface area contributed by atoms with Gasteiger partial charge in [0.15, 0.2) is 0 Å². The van der Waals surface area contributed by atoms with Crippen molar-refractivity contribution in [2.75, 3.05) is 19.5 Å². The number of methoxy groups -OCH3 is 1. The van der Waals surface area contributed by atoms with Gasteiger partial charge in [0, 0.05) is 13.1 Å². The maximum atomic E-state index is 14.4. The van der Waals surface area contributed by atoms with Crippen molar-refractivity contribution in [1.29, 1.82) is 0 Å². The zero-order chi connectivity index (χ0) is 21.9. The molecule has 0 unspecified atom stereocenters. The Morgan fingerprint density at radius 1 is 1.13 bits per heavy atom. The van der Waals surface area contributed by atoms with Crippen LogP contribution in [0.1, 0.15) is 48.0 Å². The Morgan fingerprint density at radius 3 is 2.50 bits per heavy atom. The molecule has 0 atom stereocenters. The number of carbonyl (C=O) groups excluding carboxylic acids is 1. The Labute approximate surface area is 177 Å². The monoisotopic (exact) mass is 434 g/mol. The summed E-state index contributed by atoms with van der Waals surface area (Å²) in [4.78, 5) is 12.7. The number of anilines is 1. The number of nitrogens with one attached hydrogen (secondary N) is 1. The van der Waals surface area contributed by atoms with E-state index >= 15 is 0 Å². The van der Waals surface area contributed by atoms with E-state index in [2.05, 4.69) is 5.32 Å². The van der Waals surface area contributed by atoms with Crippen LogP contribution >= 0.6 is 0 Å². The summed E-state index contributed by atoms with van der Waals surface area (Å²) in [5, 5.41) is 2.62. The van der Waals surface area contributed by atoms with Crippen LogP contribution in [0, 0.1) is 12.7 Å². The highest BCUT2D eigenvalue weighted by Crippen LogP contribution is 2.29. The number of aryl methyl sites for hydroxylation is 1. The maximum Gasteiger partial charge on any atom is 0.258 e. The van der Waals surface area contributed by atoms with Crippen LogP contribution in [-0.4, -0.2) is 38.8 Å². The summed E-state index contributed by atoms with van der Waals surface area (Å²) in [5.41, 5.74) is 0.933. The Balaban J connectivity index is 1.89. The highest BCUT2D eigenvalue weighted by Gasteiger charge is 2.30. The molecule has 0 saturated heterocycles. The van der Waals surface area contributed by atoms with Crippen LogP contribution in [0.4, 0.5) is 10.1 Å². The highest BCUT2D eigenvalue weighted by atomic mass is 32.2. The van der Waals surface area contributed by atoms with E-state index in [-0.39, 0.29) is 16.5 Å². The molecule has 1 aliphatic carbocycles. The summed E-state index contributed by atoms with van der Waals surface area (Å²) < 4.78 is 47.2. The second kappa shape index (κ2) is 9.14. The second-order valence-electron chi connectivity index (χ2n) is 7.61. The zero-order valence-corrected chi connectivity index (χ0v) is 18.3. The standard InChI is InChI=1S/C22H27FN2O4S/c1-15-9-12-21(29-3)20(13-15)24-22(26)18-14-17(10-11-19(18)23)30(27,28)25(2)16-7-5-4-6-8-16/h9-14,16H,4-8H2,1-3H3,(H,24,26). The number of hydrogen-bond donors (Lipinski definition) is 1. The summed E-state index contributed by atoms with van der Waals surface area (Å²) in [6, 6.07) is 8.46. The van der Waals surface area contributed by atoms with Gasteiger partial charge in [0.05, 0.1) is 23.3 Å². The molecule has 162 valence electrons. The van der Waals surface area contributed by atoms with Crippen LogP contribution in [0.5, 0.6) is 5.75 Å². The fourth-order valence-corrected chi connectivity index (χ4v) is 5.20. The van der Waals surface area contributed by atoms with E-state index in [1.165, 1.54) is 17.5 Å². The van der Waals surface area contributed by atoms with Crippen LogP contribution in [0.15, 0.2) is 41.3 Å². The topological polar surface area (TPSA) is 75.7 Å². The minimum Gasteiger partial charge on any atom is -0.495 e. The number of nitrogens with zero attached hydrogens (tertiary/aromatic N) is 1. The first-order valence-electron chi connectivity index (χ1n) is 9.97. The Morgan fingerprint density at radius 2 is 1.83 bits per heavy atom. The molecule has 2 aromatic rings. The molecule has 2 aromatic carbocycles. The van der Waals surface area contributed by atoms with Gasteiger partial charge in [-0.3, -0.25) is 4.79 Å². The lowest BCUT2D eigenvalue weighted by molar-refractivity contribution is 0.102. The number of rotatable bonds is 6. The van der Waals surface area contributed by atoms with Crippen molar-refractivity contribution in [1.82, 2.24) is 4.31 Å². The van der Waals surface area contributed by atoms with Gasteiger partial charge in [-0.1, -0.05) is 25.3 Å². The third-order valence-corrected chi connectivity index (χ3v) is 7.46. The lowest BCUT2D eigenvalue weighted by Crippen LogP contribution is -2.38. The van der Waals surface area contributed by atoms with E-state index in [9.17, 15) is 17.6 Å². The van der Waals surface area contributed by atoms with Crippen LogP contribution in [0.2, 0.25) is 0 Å². The lowest BCUT2D eigenvalue weighted by atomic mass is 9.96. The fraction of sp³-hybridized carbons (Fsp3) is 0.409. The van der Waals surface area contributed by atoms with Crippen molar-refractivity contribution in [2.45, 2.75) is 50.0 Å². The SMILES string of the molecule is COc1ccc(C)cc1NC(=O)c1cc(S(=O)(=O)N(C)C2CCCCC2)ccc1F. The third kappa shape index (κ3) is 4.65. The molecule has 6 nitrogen and oxygen atoms in total. The second-order valence-corrected chi connectivity index (χ2v) is 9.61. The average Bonchev–Trinajstić information content (AvgIpc) is 2.74. The first-order chi connectivity index (χ1) is 14.2. The molecule has 1 fully saturated rings. The summed E-state index contributed by atoms with van der Waals surface area (Å²) in [6.45, 7) is 1.85. The van der Waals surface area contributed by atoms with Gasteiger partial charge in [-0.05, 0) is 55.7 Å². The molecule has 0 heterocycles. The molecular weight excluding hydrogens is 407 g/mol. The van der Waals surface area contributed by atoms with Crippen molar-refractivity contribution in [3.8, 4) is 5.75 Å². The molecule has 3 rings (SSSR count). The Hall–Kier alpha value is -2.45. The number of amides is 1. The molecule has 0 aliphatic heterocycles. The van der Waals surface area contributed by atoms with Gasteiger partial charge >= 0.3 is 0 Å². The van der Waals surface area contributed by atoms with Gasteiger partial charge in [-0.2, -0.15) is 4.31 Å². The highest BCUT2D eigenvalue weighted by molar-refractivity contribution is 7.89. The van der Waals surface area contributed by atoms with Gasteiger partial charge in [-0.15, -0.1) is 0 Å². The van der Waals surface area contributed by atoms with Crippen molar-refractivity contribution < 1.29 is 22.3 Å². The Kier molecular flexibility index (Phi) is 6.77. The largest absolute Gasteiger partial charge is 0.495 e. The van der Waals surface area contributed by atoms with E-state index < -0.39 is 21.7 Å². The number of ether oxygens (including phenoxy) is 1. The van der Waals surface area contributed by atoms with Crippen LogP contribution < -0.4 is 10.1 Å². The van der Waals surface area contributed by atoms with Crippen LogP contribution in [0.25, 0.3) is 0 Å². The van der Waals surface area contributed by atoms with Gasteiger partial charge in [0.1, 0.15) is 11.6 Å². The van der Waals surface area contributed by atoms with Gasteiger partial charge in [0.25, 0.3) is 5.91 Å². The van der Waals surface area contributed by atoms with Crippen molar-refractivity contribution >= 4 is 21.6 Å². The molecule has 1 saturated carbocycles. The summed E-state index contributed by atoms with van der Waals surface area (Å²) >= 11 is 0. The van der Waals surface area contributed by atoms with Crippen LogP contribution in [-0.2, 0) is 10.0 Å². The minimum absolute atomic E-state index is 0.0809. The normalized spacial score (nSPS) is 15.2. The lowest BCUT2D eigenvalue weighted by Gasteiger charge is -2.30. The molecule has 1 N–H and O–H groups in total. The molecule has 1 amide bonds. The number of hydrogen-bond acceptors (Lipinski definition) is 4. The smallest absolute Gasteiger partial charge is 0.258 e. The summed E-state index contributed by atoms with van der Waals surface area (Å²) in [5.74, 6) is -1.11. The molecule has 8 heteroatoms.